The lowest BCUT2D eigenvalue weighted by Crippen LogP contribution is -2.29. The first-order valence-electron chi connectivity index (χ1n) is 9.05. The van der Waals surface area contributed by atoms with Crippen LogP contribution in [-0.4, -0.2) is 29.1 Å². The van der Waals surface area contributed by atoms with Crippen LogP contribution < -0.4 is 9.64 Å². The van der Waals surface area contributed by atoms with E-state index in [9.17, 15) is 14.7 Å². The molecule has 1 amide bonds. The molecule has 2 heterocycles. The SMILES string of the molecule is COc1ccc([C@@H]2/C(=C(\O)c3ccc(Cl)cc3)C(=O)C(=O)N2c2cc(C)on2)cc1. The second kappa shape index (κ2) is 7.68. The first kappa shape index (κ1) is 19.7. The van der Waals surface area contributed by atoms with E-state index in [1.165, 1.54) is 4.90 Å². The summed E-state index contributed by atoms with van der Waals surface area (Å²) in [4.78, 5) is 27.1. The molecule has 0 bridgehead atoms. The Morgan fingerprint density at radius 3 is 2.37 bits per heavy atom. The monoisotopic (exact) mass is 424 g/mol. The zero-order valence-electron chi connectivity index (χ0n) is 16.1. The van der Waals surface area contributed by atoms with Crippen molar-refractivity contribution in [2.75, 3.05) is 12.0 Å². The molecule has 1 saturated heterocycles. The predicted molar refractivity (Wildman–Crippen MR) is 110 cm³/mol. The number of carbonyl (C=O) groups is 2. The molecular weight excluding hydrogens is 408 g/mol. The number of benzene rings is 2. The van der Waals surface area contributed by atoms with Crippen LogP contribution in [0.2, 0.25) is 5.02 Å². The molecule has 1 aromatic heterocycles. The number of halogens is 1. The third-order valence-corrected chi connectivity index (χ3v) is 5.11. The third-order valence-electron chi connectivity index (χ3n) is 4.86. The molecular formula is C22H17ClN2O5. The summed E-state index contributed by atoms with van der Waals surface area (Å²) in [5, 5.41) is 15.4. The number of hydrogen-bond acceptors (Lipinski definition) is 6. The van der Waals surface area contributed by atoms with Gasteiger partial charge in [-0.1, -0.05) is 28.9 Å². The van der Waals surface area contributed by atoms with Crippen LogP contribution in [0, 0.1) is 6.92 Å². The minimum absolute atomic E-state index is 0.0480. The number of ether oxygens (including phenoxy) is 1. The fraction of sp³-hybridized carbons (Fsp3) is 0.136. The van der Waals surface area contributed by atoms with Gasteiger partial charge in [0.2, 0.25) is 0 Å². The molecule has 1 N–H and O–H groups in total. The summed E-state index contributed by atoms with van der Waals surface area (Å²) in [5.41, 5.74) is 0.923. The van der Waals surface area contributed by atoms with Gasteiger partial charge in [-0.25, -0.2) is 0 Å². The second-order valence-corrected chi connectivity index (χ2v) is 7.18. The molecule has 152 valence electrons. The van der Waals surface area contributed by atoms with Gasteiger partial charge in [0.05, 0.1) is 18.7 Å². The van der Waals surface area contributed by atoms with Crippen LogP contribution in [0.1, 0.15) is 22.9 Å². The number of rotatable bonds is 4. The normalized spacial score (nSPS) is 18.1. The zero-order valence-corrected chi connectivity index (χ0v) is 16.9. The summed E-state index contributed by atoms with van der Waals surface area (Å²) < 4.78 is 10.3. The Morgan fingerprint density at radius 2 is 1.80 bits per heavy atom. The van der Waals surface area contributed by atoms with Crippen molar-refractivity contribution in [3.8, 4) is 5.75 Å². The van der Waals surface area contributed by atoms with E-state index in [1.54, 1.807) is 68.6 Å². The maximum absolute atomic E-state index is 13.0. The lowest BCUT2D eigenvalue weighted by molar-refractivity contribution is -0.132. The summed E-state index contributed by atoms with van der Waals surface area (Å²) in [6, 6.07) is 13.9. The number of aliphatic hydroxyl groups is 1. The summed E-state index contributed by atoms with van der Waals surface area (Å²) in [5.74, 6) is -0.633. The molecule has 1 fully saturated rings. The Kier molecular flexibility index (Phi) is 5.05. The maximum Gasteiger partial charge on any atom is 0.301 e. The Hall–Kier alpha value is -3.58. The van der Waals surface area contributed by atoms with Crippen molar-refractivity contribution in [2.24, 2.45) is 0 Å². The average molecular weight is 425 g/mol. The molecule has 1 aliphatic heterocycles. The van der Waals surface area contributed by atoms with Crippen molar-refractivity contribution in [3.63, 3.8) is 0 Å². The van der Waals surface area contributed by atoms with E-state index in [0.29, 0.717) is 27.7 Å². The number of aromatic nitrogens is 1. The van der Waals surface area contributed by atoms with Gasteiger partial charge in [-0.2, -0.15) is 0 Å². The molecule has 0 aliphatic carbocycles. The van der Waals surface area contributed by atoms with Gasteiger partial charge in [-0.05, 0) is 48.9 Å². The number of hydrogen-bond donors (Lipinski definition) is 1. The van der Waals surface area contributed by atoms with E-state index < -0.39 is 17.7 Å². The minimum atomic E-state index is -0.893. The fourth-order valence-corrected chi connectivity index (χ4v) is 3.53. The minimum Gasteiger partial charge on any atom is -0.507 e. The molecule has 7 nitrogen and oxygen atoms in total. The smallest absolute Gasteiger partial charge is 0.301 e. The van der Waals surface area contributed by atoms with Crippen molar-refractivity contribution in [1.29, 1.82) is 0 Å². The molecule has 0 saturated carbocycles. The highest BCUT2D eigenvalue weighted by atomic mass is 35.5. The van der Waals surface area contributed by atoms with Crippen molar-refractivity contribution >= 4 is 34.9 Å². The third kappa shape index (κ3) is 3.33. The van der Waals surface area contributed by atoms with Crippen molar-refractivity contribution in [1.82, 2.24) is 5.16 Å². The van der Waals surface area contributed by atoms with Gasteiger partial charge in [-0.3, -0.25) is 14.5 Å². The lowest BCUT2D eigenvalue weighted by atomic mass is 9.95. The molecule has 1 aliphatic rings. The van der Waals surface area contributed by atoms with E-state index in [1.807, 2.05) is 0 Å². The molecule has 0 unspecified atom stereocenters. The number of amides is 1. The van der Waals surface area contributed by atoms with Crippen LogP contribution >= 0.6 is 11.6 Å². The highest BCUT2D eigenvalue weighted by Crippen LogP contribution is 2.42. The average Bonchev–Trinajstić information content (AvgIpc) is 3.29. The summed E-state index contributed by atoms with van der Waals surface area (Å²) in [6.45, 7) is 1.68. The quantitative estimate of drug-likeness (QED) is 0.382. The van der Waals surface area contributed by atoms with Crippen molar-refractivity contribution < 1.29 is 24.0 Å². The highest BCUT2D eigenvalue weighted by molar-refractivity contribution is 6.51. The number of carbonyl (C=O) groups excluding carboxylic acids is 2. The Bertz CT molecular complexity index is 1150. The molecule has 2 aromatic carbocycles. The topological polar surface area (TPSA) is 92.9 Å². The van der Waals surface area contributed by atoms with Crippen LogP contribution in [0.25, 0.3) is 5.76 Å². The molecule has 0 radical (unpaired) electrons. The number of Topliss-reactive ketones (excluding diaryl/α,β-unsaturated/α-hetero) is 1. The fourth-order valence-electron chi connectivity index (χ4n) is 3.40. The van der Waals surface area contributed by atoms with Gasteiger partial charge in [0.15, 0.2) is 5.82 Å². The molecule has 4 rings (SSSR count). The van der Waals surface area contributed by atoms with E-state index in [2.05, 4.69) is 5.16 Å². The number of aliphatic hydroxyl groups excluding tert-OH is 1. The van der Waals surface area contributed by atoms with Crippen molar-refractivity contribution in [2.45, 2.75) is 13.0 Å². The van der Waals surface area contributed by atoms with Crippen molar-refractivity contribution in [3.05, 3.63) is 82.1 Å². The molecule has 0 spiro atoms. The standard InChI is InChI=1S/C22H17ClN2O5/c1-12-11-17(24-30-12)25-19(13-5-9-16(29-2)10-6-13)18(21(27)22(25)28)20(26)14-3-7-15(23)8-4-14/h3-11,19,26H,1-2H3/b20-18+/t19-/m1/s1. The van der Waals surface area contributed by atoms with Crippen LogP contribution in [0.3, 0.4) is 0 Å². The van der Waals surface area contributed by atoms with Crippen LogP contribution in [0.15, 0.2) is 64.7 Å². The van der Waals surface area contributed by atoms with Gasteiger partial charge in [0.25, 0.3) is 5.78 Å². The Morgan fingerprint density at radius 1 is 1.13 bits per heavy atom. The van der Waals surface area contributed by atoms with E-state index >= 15 is 0 Å². The first-order valence-corrected chi connectivity index (χ1v) is 9.42. The molecule has 30 heavy (non-hydrogen) atoms. The largest absolute Gasteiger partial charge is 0.507 e. The number of nitrogens with zero attached hydrogens (tertiary/aromatic N) is 2. The Labute approximate surface area is 177 Å². The molecule has 1 atom stereocenters. The first-order chi connectivity index (χ1) is 14.4. The van der Waals surface area contributed by atoms with Gasteiger partial charge in [-0.15, -0.1) is 0 Å². The summed E-state index contributed by atoms with van der Waals surface area (Å²) in [6.07, 6.45) is 0. The maximum atomic E-state index is 13.0. The van der Waals surface area contributed by atoms with Gasteiger partial charge in [0.1, 0.15) is 17.3 Å². The highest BCUT2D eigenvalue weighted by Gasteiger charge is 2.48. The van der Waals surface area contributed by atoms with Gasteiger partial charge >= 0.3 is 5.91 Å². The number of aryl methyl sites for hydroxylation is 1. The van der Waals surface area contributed by atoms with Gasteiger partial charge < -0.3 is 14.4 Å². The van der Waals surface area contributed by atoms with E-state index in [0.717, 1.165) is 0 Å². The van der Waals surface area contributed by atoms with Crippen LogP contribution in [0.5, 0.6) is 5.75 Å². The summed E-state index contributed by atoms with van der Waals surface area (Å²) >= 11 is 5.93. The van der Waals surface area contributed by atoms with E-state index in [4.69, 9.17) is 20.9 Å². The van der Waals surface area contributed by atoms with Crippen LogP contribution in [-0.2, 0) is 9.59 Å². The Balaban J connectivity index is 1.92. The van der Waals surface area contributed by atoms with E-state index in [-0.39, 0.29) is 17.2 Å². The van der Waals surface area contributed by atoms with Crippen LogP contribution in [0.4, 0.5) is 5.82 Å². The number of ketones is 1. The summed E-state index contributed by atoms with van der Waals surface area (Å²) in [7, 11) is 1.54. The molecule has 8 heteroatoms. The molecule has 3 aromatic rings. The predicted octanol–water partition coefficient (Wildman–Crippen LogP) is 4.27. The number of methoxy groups -OCH3 is 1. The number of anilines is 1. The second-order valence-electron chi connectivity index (χ2n) is 6.74. The van der Waals surface area contributed by atoms with Gasteiger partial charge in [0, 0.05) is 16.7 Å². The zero-order chi connectivity index (χ0) is 21.4. The lowest BCUT2D eigenvalue weighted by Gasteiger charge is -2.23.